The number of aliphatic hydroxyl groups is 1. The molecule has 0 unspecified atom stereocenters. The van der Waals surface area contributed by atoms with E-state index in [0.29, 0.717) is 5.92 Å². The van der Waals surface area contributed by atoms with Gasteiger partial charge in [-0.05, 0) is 36.3 Å². The van der Waals surface area contributed by atoms with Crippen LogP contribution in [0.5, 0.6) is 0 Å². The molecule has 20 heavy (non-hydrogen) atoms. The Morgan fingerprint density at radius 1 is 1.50 bits per heavy atom. The van der Waals surface area contributed by atoms with Crippen LogP contribution in [0, 0.1) is 11.3 Å². The van der Waals surface area contributed by atoms with E-state index in [9.17, 15) is 5.11 Å². The number of hydrogen-bond acceptors (Lipinski definition) is 4. The van der Waals surface area contributed by atoms with Gasteiger partial charge in [0.05, 0.1) is 13.2 Å². The molecule has 4 heteroatoms. The SMILES string of the molecule is CSc1cccc(CN2C[C@@H]3CCOC[C@]3(CO)C2)c1. The van der Waals surface area contributed by atoms with Crippen molar-refractivity contribution in [3.8, 4) is 0 Å². The number of hydrogen-bond donors (Lipinski definition) is 1. The van der Waals surface area contributed by atoms with Crippen LogP contribution in [0.2, 0.25) is 0 Å². The number of aliphatic hydroxyl groups excluding tert-OH is 1. The summed E-state index contributed by atoms with van der Waals surface area (Å²) in [5, 5.41) is 9.81. The van der Waals surface area contributed by atoms with Crippen LogP contribution < -0.4 is 0 Å². The molecule has 0 aliphatic carbocycles. The molecule has 1 aromatic carbocycles. The summed E-state index contributed by atoms with van der Waals surface area (Å²) in [6, 6.07) is 8.76. The number of benzene rings is 1. The van der Waals surface area contributed by atoms with Crippen LogP contribution in [0.3, 0.4) is 0 Å². The molecule has 0 bridgehead atoms. The second-order valence-corrected chi connectivity index (χ2v) is 6.96. The van der Waals surface area contributed by atoms with Crippen LogP contribution in [0.1, 0.15) is 12.0 Å². The predicted octanol–water partition coefficient (Wildman–Crippen LogP) is 2.24. The lowest BCUT2D eigenvalue weighted by Gasteiger charge is -2.36. The molecule has 2 aliphatic rings. The molecule has 0 amide bonds. The van der Waals surface area contributed by atoms with Gasteiger partial charge < -0.3 is 9.84 Å². The first kappa shape index (κ1) is 14.4. The summed E-state index contributed by atoms with van der Waals surface area (Å²) in [6.45, 7) is 4.84. The Morgan fingerprint density at radius 2 is 2.40 bits per heavy atom. The van der Waals surface area contributed by atoms with Gasteiger partial charge in [0, 0.05) is 36.6 Å². The fraction of sp³-hybridized carbons (Fsp3) is 0.625. The van der Waals surface area contributed by atoms with Crippen LogP contribution in [-0.2, 0) is 11.3 Å². The number of fused-ring (bicyclic) bond motifs is 1. The van der Waals surface area contributed by atoms with Gasteiger partial charge in [-0.1, -0.05) is 12.1 Å². The minimum Gasteiger partial charge on any atom is -0.396 e. The number of ether oxygens (including phenoxy) is 1. The van der Waals surface area contributed by atoms with Crippen LogP contribution in [-0.4, -0.2) is 49.2 Å². The summed E-state index contributed by atoms with van der Waals surface area (Å²) in [4.78, 5) is 3.80. The van der Waals surface area contributed by atoms with E-state index >= 15 is 0 Å². The van der Waals surface area contributed by atoms with E-state index in [1.165, 1.54) is 10.5 Å². The zero-order chi connectivity index (χ0) is 14.0. The average Bonchev–Trinajstić information content (AvgIpc) is 2.86. The van der Waals surface area contributed by atoms with Gasteiger partial charge in [-0.15, -0.1) is 11.8 Å². The lowest BCUT2D eigenvalue weighted by Crippen LogP contribution is -2.42. The quantitative estimate of drug-likeness (QED) is 0.863. The van der Waals surface area contributed by atoms with Gasteiger partial charge in [0.2, 0.25) is 0 Å². The van der Waals surface area contributed by atoms with Crippen molar-refractivity contribution in [2.75, 3.05) is 39.2 Å². The third-order valence-electron chi connectivity index (χ3n) is 4.74. The molecule has 110 valence electrons. The Hall–Kier alpha value is -0.550. The van der Waals surface area contributed by atoms with Gasteiger partial charge in [0.1, 0.15) is 0 Å². The smallest absolute Gasteiger partial charge is 0.0559 e. The van der Waals surface area contributed by atoms with E-state index < -0.39 is 0 Å². The lowest BCUT2D eigenvalue weighted by molar-refractivity contribution is -0.0561. The molecule has 0 spiro atoms. The van der Waals surface area contributed by atoms with Gasteiger partial charge in [0.15, 0.2) is 0 Å². The molecule has 2 atom stereocenters. The maximum atomic E-state index is 9.81. The lowest BCUT2D eigenvalue weighted by atomic mass is 9.76. The van der Waals surface area contributed by atoms with Crippen molar-refractivity contribution < 1.29 is 9.84 Å². The third-order valence-corrected chi connectivity index (χ3v) is 5.46. The molecule has 0 saturated carbocycles. The van der Waals surface area contributed by atoms with Gasteiger partial charge in [-0.2, -0.15) is 0 Å². The van der Waals surface area contributed by atoms with Gasteiger partial charge >= 0.3 is 0 Å². The molecule has 0 radical (unpaired) electrons. The van der Waals surface area contributed by atoms with Crippen molar-refractivity contribution in [2.45, 2.75) is 17.9 Å². The van der Waals surface area contributed by atoms with Gasteiger partial charge in [0.25, 0.3) is 0 Å². The normalized spacial score (nSPS) is 30.4. The summed E-state index contributed by atoms with van der Waals surface area (Å²) in [6.07, 6.45) is 3.20. The Bertz CT molecular complexity index is 468. The minimum absolute atomic E-state index is 0.0185. The van der Waals surface area contributed by atoms with Crippen molar-refractivity contribution in [3.63, 3.8) is 0 Å². The van der Waals surface area contributed by atoms with Crippen molar-refractivity contribution in [3.05, 3.63) is 29.8 Å². The highest BCUT2D eigenvalue weighted by Crippen LogP contribution is 2.41. The first-order valence-corrected chi connectivity index (χ1v) is 8.52. The molecule has 3 rings (SSSR count). The van der Waals surface area contributed by atoms with Crippen LogP contribution in [0.4, 0.5) is 0 Å². The van der Waals surface area contributed by atoms with E-state index in [-0.39, 0.29) is 12.0 Å². The first-order valence-electron chi connectivity index (χ1n) is 7.30. The average molecular weight is 293 g/mol. The van der Waals surface area contributed by atoms with Crippen molar-refractivity contribution >= 4 is 11.8 Å². The topological polar surface area (TPSA) is 32.7 Å². The molecular weight excluding hydrogens is 270 g/mol. The third kappa shape index (κ3) is 2.75. The fourth-order valence-corrected chi connectivity index (χ4v) is 4.06. The number of thioether (sulfide) groups is 1. The number of nitrogens with zero attached hydrogens (tertiary/aromatic N) is 1. The second-order valence-electron chi connectivity index (χ2n) is 6.08. The molecular formula is C16H23NO2S. The summed E-state index contributed by atoms with van der Waals surface area (Å²) in [7, 11) is 0. The van der Waals surface area contributed by atoms with Crippen LogP contribution in [0.25, 0.3) is 0 Å². The van der Waals surface area contributed by atoms with Crippen LogP contribution in [0.15, 0.2) is 29.2 Å². The first-order chi connectivity index (χ1) is 9.75. The number of rotatable bonds is 4. The Kier molecular flexibility index (Phi) is 4.36. The van der Waals surface area contributed by atoms with E-state index in [2.05, 4.69) is 35.4 Å². The van der Waals surface area contributed by atoms with Gasteiger partial charge in [-0.3, -0.25) is 4.90 Å². The Labute approximate surface area is 125 Å². The second kappa shape index (κ2) is 6.06. The van der Waals surface area contributed by atoms with Gasteiger partial charge in [-0.25, -0.2) is 0 Å². The molecule has 2 saturated heterocycles. The highest BCUT2D eigenvalue weighted by molar-refractivity contribution is 7.98. The summed E-state index contributed by atoms with van der Waals surface area (Å²) in [5.41, 5.74) is 1.35. The van der Waals surface area contributed by atoms with E-state index in [1.807, 2.05) is 0 Å². The Balaban J connectivity index is 1.70. The van der Waals surface area contributed by atoms with Crippen molar-refractivity contribution in [1.82, 2.24) is 4.90 Å². The van der Waals surface area contributed by atoms with E-state index in [1.54, 1.807) is 11.8 Å². The molecule has 0 aromatic heterocycles. The van der Waals surface area contributed by atoms with E-state index in [0.717, 1.165) is 39.3 Å². The maximum Gasteiger partial charge on any atom is 0.0559 e. The zero-order valence-corrected chi connectivity index (χ0v) is 12.9. The molecule has 1 N–H and O–H groups in total. The fourth-order valence-electron chi connectivity index (χ4n) is 3.58. The molecule has 2 aliphatic heterocycles. The summed E-state index contributed by atoms with van der Waals surface area (Å²) in [5.74, 6) is 0.588. The molecule has 1 aromatic rings. The van der Waals surface area contributed by atoms with E-state index in [4.69, 9.17) is 4.74 Å². The largest absolute Gasteiger partial charge is 0.396 e. The summed E-state index contributed by atoms with van der Waals surface area (Å²) < 4.78 is 5.62. The molecule has 2 fully saturated rings. The monoisotopic (exact) mass is 293 g/mol. The highest BCUT2D eigenvalue weighted by Gasteiger charge is 2.47. The molecule has 2 heterocycles. The predicted molar refractivity (Wildman–Crippen MR) is 81.9 cm³/mol. The number of likely N-dealkylation sites (tertiary alicyclic amines) is 1. The summed E-state index contributed by atoms with van der Waals surface area (Å²) >= 11 is 1.79. The maximum absolute atomic E-state index is 9.81. The van der Waals surface area contributed by atoms with Crippen molar-refractivity contribution in [1.29, 1.82) is 0 Å². The highest BCUT2D eigenvalue weighted by atomic mass is 32.2. The zero-order valence-electron chi connectivity index (χ0n) is 12.0. The Morgan fingerprint density at radius 3 is 3.15 bits per heavy atom. The molecule has 3 nitrogen and oxygen atoms in total. The standard InChI is InChI=1S/C16H23NO2S/c1-20-15-4-2-3-13(7-15)8-17-9-14-5-6-19-12-16(14,10-17)11-18/h2-4,7,14,18H,5-6,8-12H2,1H3/t14-,16+/m0/s1. The van der Waals surface area contributed by atoms with Crippen LogP contribution >= 0.6 is 11.8 Å². The minimum atomic E-state index is -0.0185. The van der Waals surface area contributed by atoms with Crippen molar-refractivity contribution in [2.24, 2.45) is 11.3 Å².